The maximum atomic E-state index is 11.9. The highest BCUT2D eigenvalue weighted by molar-refractivity contribution is 5.90. The smallest absolute Gasteiger partial charge is 0.493 e. The van der Waals surface area contributed by atoms with Gasteiger partial charge in [-0.05, 0) is 25.5 Å². The van der Waals surface area contributed by atoms with Crippen LogP contribution in [0.25, 0.3) is 0 Å². The fourth-order valence-corrected chi connectivity index (χ4v) is 1.59. The van der Waals surface area contributed by atoms with Crippen molar-refractivity contribution in [2.24, 2.45) is 0 Å². The Hall–Kier alpha value is -2.68. The molecule has 0 bridgehead atoms. The molecule has 0 N–H and O–H groups in total. The summed E-state index contributed by atoms with van der Waals surface area (Å²) in [6.07, 6.45) is -0.880. The van der Waals surface area contributed by atoms with Crippen LogP contribution in [0.5, 0.6) is 17.2 Å². The minimum Gasteiger partial charge on any atom is -0.493 e. The second kappa shape index (κ2) is 9.46. The average molecular weight is 344 g/mol. The number of hydrogen-bond acceptors (Lipinski definition) is 9. The van der Waals surface area contributed by atoms with Gasteiger partial charge in [-0.3, -0.25) is 4.89 Å². The molecule has 0 aromatic heterocycles. The maximum Gasteiger partial charge on any atom is 0.543 e. The summed E-state index contributed by atoms with van der Waals surface area (Å²) in [5.74, 6) is -0.127. The van der Waals surface area contributed by atoms with Gasteiger partial charge < -0.3 is 18.9 Å². The number of carbonyl (C=O) groups is 2. The van der Waals surface area contributed by atoms with Gasteiger partial charge in [0.05, 0.1) is 31.9 Å². The predicted octanol–water partition coefficient (Wildman–Crippen LogP) is 2.67. The van der Waals surface area contributed by atoms with Crippen LogP contribution in [0.4, 0.5) is 4.79 Å². The summed E-state index contributed by atoms with van der Waals surface area (Å²) in [7, 11) is 4.23. The van der Waals surface area contributed by atoms with Gasteiger partial charge in [0.1, 0.15) is 6.10 Å². The molecule has 1 atom stereocenters. The fraction of sp³-hybridized carbons (Fsp3) is 0.467. The van der Waals surface area contributed by atoms with Gasteiger partial charge in [0.2, 0.25) is 5.75 Å². The molecule has 0 radical (unpaired) electrons. The highest BCUT2D eigenvalue weighted by Crippen LogP contribution is 2.38. The standard InChI is InChI=1S/C15H20O9/c1-6-9(2)21-15(17)23-24-22-14(16)10-7-11(18-3)13(20-5)12(8-10)19-4/h7-9H,6H2,1-5H3. The Bertz CT molecular complexity index is 545. The molecule has 0 saturated heterocycles. The molecular formula is C15H20O9. The molecule has 9 nitrogen and oxygen atoms in total. The highest BCUT2D eigenvalue weighted by Gasteiger charge is 2.19. The van der Waals surface area contributed by atoms with Gasteiger partial charge in [0.15, 0.2) is 11.5 Å². The molecule has 24 heavy (non-hydrogen) atoms. The molecular weight excluding hydrogens is 324 g/mol. The van der Waals surface area contributed by atoms with Gasteiger partial charge in [-0.1, -0.05) is 6.92 Å². The third-order valence-electron chi connectivity index (χ3n) is 2.98. The van der Waals surface area contributed by atoms with Crippen molar-refractivity contribution in [1.82, 2.24) is 0 Å². The van der Waals surface area contributed by atoms with E-state index in [0.29, 0.717) is 12.2 Å². The summed E-state index contributed by atoms with van der Waals surface area (Å²) in [5, 5.41) is 4.12. The van der Waals surface area contributed by atoms with Crippen LogP contribution < -0.4 is 14.2 Å². The van der Waals surface area contributed by atoms with Crippen LogP contribution in [0.2, 0.25) is 0 Å². The van der Waals surface area contributed by atoms with Crippen LogP contribution in [0.3, 0.4) is 0 Å². The zero-order chi connectivity index (χ0) is 18.1. The van der Waals surface area contributed by atoms with Gasteiger partial charge in [-0.15, -0.1) is 0 Å². The summed E-state index contributed by atoms with van der Waals surface area (Å²) < 4.78 is 20.1. The minimum absolute atomic E-state index is 0.0309. The lowest BCUT2D eigenvalue weighted by molar-refractivity contribution is -0.452. The van der Waals surface area contributed by atoms with Crippen LogP contribution in [0, 0.1) is 0 Å². The monoisotopic (exact) mass is 344 g/mol. The number of rotatable bonds is 8. The summed E-state index contributed by atoms with van der Waals surface area (Å²) in [6.45, 7) is 3.49. The number of hydrogen-bond donors (Lipinski definition) is 0. The Kier molecular flexibility index (Phi) is 7.63. The van der Waals surface area contributed by atoms with Gasteiger partial charge in [0, 0.05) is 0 Å². The zero-order valence-corrected chi connectivity index (χ0v) is 14.1. The average Bonchev–Trinajstić information content (AvgIpc) is 2.59. The first kappa shape index (κ1) is 19.4. The van der Waals surface area contributed by atoms with Crippen molar-refractivity contribution in [3.63, 3.8) is 0 Å². The first-order chi connectivity index (χ1) is 11.5. The first-order valence-corrected chi connectivity index (χ1v) is 7.02. The molecule has 0 saturated carbocycles. The Morgan fingerprint density at radius 1 is 1.00 bits per heavy atom. The molecule has 0 aliphatic heterocycles. The number of ether oxygens (including phenoxy) is 4. The molecule has 0 aliphatic rings. The van der Waals surface area contributed by atoms with Gasteiger partial charge >= 0.3 is 12.1 Å². The number of methoxy groups -OCH3 is 3. The Morgan fingerprint density at radius 3 is 2.04 bits per heavy atom. The summed E-state index contributed by atoms with van der Waals surface area (Å²) in [6, 6.07) is 2.70. The van der Waals surface area contributed by atoms with Crippen molar-refractivity contribution in [2.75, 3.05) is 21.3 Å². The second-order valence-corrected chi connectivity index (χ2v) is 4.52. The molecule has 1 unspecified atom stereocenters. The van der Waals surface area contributed by atoms with E-state index < -0.39 is 12.1 Å². The molecule has 0 aliphatic carbocycles. The van der Waals surface area contributed by atoms with E-state index in [1.54, 1.807) is 6.92 Å². The topological polar surface area (TPSA) is 98.8 Å². The first-order valence-electron chi connectivity index (χ1n) is 7.02. The van der Waals surface area contributed by atoms with E-state index in [9.17, 15) is 9.59 Å². The Morgan fingerprint density at radius 2 is 1.58 bits per heavy atom. The second-order valence-electron chi connectivity index (χ2n) is 4.52. The lowest BCUT2D eigenvalue weighted by atomic mass is 10.2. The SMILES string of the molecule is CCC(C)OC(=O)OOOC(=O)c1cc(OC)c(OC)c(OC)c1. The van der Waals surface area contributed by atoms with Crippen LogP contribution >= 0.6 is 0 Å². The number of carbonyl (C=O) groups excluding carboxylic acids is 2. The molecule has 0 spiro atoms. The van der Waals surface area contributed by atoms with Crippen molar-refractivity contribution < 1.29 is 43.3 Å². The summed E-state index contributed by atoms with van der Waals surface area (Å²) >= 11 is 0. The third-order valence-corrected chi connectivity index (χ3v) is 2.98. The summed E-state index contributed by atoms with van der Waals surface area (Å²) in [5.41, 5.74) is 0.0309. The highest BCUT2D eigenvalue weighted by atomic mass is 17.5. The van der Waals surface area contributed by atoms with Gasteiger partial charge in [-0.2, -0.15) is 0 Å². The molecule has 134 valence electrons. The Balaban J connectivity index is 2.70. The predicted molar refractivity (Wildman–Crippen MR) is 79.9 cm³/mol. The van der Waals surface area contributed by atoms with Gasteiger partial charge in [0.25, 0.3) is 0 Å². The maximum absolute atomic E-state index is 11.9. The normalized spacial score (nSPS) is 11.2. The molecule has 1 aromatic rings. The number of benzene rings is 1. The van der Waals surface area contributed by atoms with Crippen molar-refractivity contribution in [1.29, 1.82) is 0 Å². The van der Waals surface area contributed by atoms with Crippen LogP contribution in [0.1, 0.15) is 30.6 Å². The molecule has 1 rings (SSSR count). The van der Waals surface area contributed by atoms with Crippen molar-refractivity contribution in [2.45, 2.75) is 26.4 Å². The van der Waals surface area contributed by atoms with Crippen LogP contribution in [-0.2, 0) is 19.6 Å². The zero-order valence-electron chi connectivity index (χ0n) is 14.1. The summed E-state index contributed by atoms with van der Waals surface area (Å²) in [4.78, 5) is 31.7. The lowest BCUT2D eigenvalue weighted by Gasteiger charge is -2.13. The molecule has 9 heteroatoms. The quantitative estimate of drug-likeness (QED) is 0.400. The van der Waals surface area contributed by atoms with E-state index >= 15 is 0 Å². The molecule has 1 aromatic carbocycles. The van der Waals surface area contributed by atoms with E-state index in [0.717, 1.165) is 0 Å². The van der Waals surface area contributed by atoms with E-state index in [1.807, 2.05) is 6.92 Å². The van der Waals surface area contributed by atoms with Crippen molar-refractivity contribution in [3.05, 3.63) is 17.7 Å². The molecule has 0 heterocycles. The minimum atomic E-state index is -1.12. The van der Waals surface area contributed by atoms with E-state index in [4.69, 9.17) is 18.9 Å². The lowest BCUT2D eigenvalue weighted by Crippen LogP contribution is -2.17. The van der Waals surface area contributed by atoms with E-state index in [2.05, 4.69) is 14.8 Å². The Labute approximate surface area is 139 Å². The fourth-order valence-electron chi connectivity index (χ4n) is 1.59. The van der Waals surface area contributed by atoms with Crippen LogP contribution in [0.15, 0.2) is 12.1 Å². The van der Waals surface area contributed by atoms with Crippen molar-refractivity contribution >= 4 is 12.1 Å². The van der Waals surface area contributed by atoms with E-state index in [1.165, 1.54) is 33.5 Å². The van der Waals surface area contributed by atoms with E-state index in [-0.39, 0.29) is 23.2 Å². The third kappa shape index (κ3) is 5.20. The largest absolute Gasteiger partial charge is 0.543 e. The molecule has 0 fully saturated rings. The molecule has 0 amide bonds. The van der Waals surface area contributed by atoms with Crippen LogP contribution in [-0.4, -0.2) is 39.6 Å². The van der Waals surface area contributed by atoms with Gasteiger partial charge in [-0.25, -0.2) is 14.5 Å². The van der Waals surface area contributed by atoms with Crippen molar-refractivity contribution in [3.8, 4) is 17.2 Å².